The van der Waals surface area contributed by atoms with Gasteiger partial charge in [0, 0.05) is 17.5 Å². The fourth-order valence-corrected chi connectivity index (χ4v) is 4.92. The molecule has 2 aromatic rings. The van der Waals surface area contributed by atoms with E-state index < -0.39 is 7.37 Å². The predicted molar refractivity (Wildman–Crippen MR) is 98.7 cm³/mol. The fourth-order valence-electron chi connectivity index (χ4n) is 2.88. The first-order chi connectivity index (χ1) is 11.0. The van der Waals surface area contributed by atoms with Crippen LogP contribution in [0.3, 0.4) is 0 Å². The zero-order chi connectivity index (χ0) is 16.7. The normalized spacial score (nSPS) is 14.9. The summed E-state index contributed by atoms with van der Waals surface area (Å²) in [5, 5.41) is 0. The van der Waals surface area contributed by atoms with Gasteiger partial charge >= 0.3 is 0 Å². The van der Waals surface area contributed by atoms with E-state index in [1.807, 2.05) is 65.6 Å². The molecule has 0 aliphatic heterocycles. The predicted octanol–water partition coefficient (Wildman–Crippen LogP) is 5.49. The van der Waals surface area contributed by atoms with E-state index in [9.17, 15) is 9.46 Å². The molecule has 0 spiro atoms. The van der Waals surface area contributed by atoms with Crippen LogP contribution in [0.1, 0.15) is 26.7 Å². The van der Waals surface area contributed by atoms with Crippen LogP contribution in [0.15, 0.2) is 60.7 Å². The van der Waals surface area contributed by atoms with E-state index in [2.05, 4.69) is 13.8 Å². The van der Waals surface area contributed by atoms with Gasteiger partial charge < -0.3 is 9.79 Å². The van der Waals surface area contributed by atoms with Gasteiger partial charge in [0.05, 0.1) is 6.29 Å². The lowest BCUT2D eigenvalue weighted by molar-refractivity contribution is 0.458. The summed E-state index contributed by atoms with van der Waals surface area (Å²) >= 11 is 0. The van der Waals surface area contributed by atoms with Crippen LogP contribution in [-0.2, 0) is 4.57 Å². The average Bonchev–Trinajstić information content (AvgIpc) is 2.54. The molecule has 0 bridgehead atoms. The number of benzene rings is 2. The lowest BCUT2D eigenvalue weighted by Crippen LogP contribution is -2.20. The first-order valence-corrected chi connectivity index (χ1v) is 10.2. The van der Waals surface area contributed by atoms with Crippen molar-refractivity contribution < 1.29 is 9.46 Å². The smallest absolute Gasteiger partial charge is 0.219 e. The highest BCUT2D eigenvalue weighted by Gasteiger charge is 2.26. The SMILES string of the molecule is CCCC(C)CP(=O)(O)CN(c1ccccc1)c1ccccc1. The summed E-state index contributed by atoms with van der Waals surface area (Å²) in [6.07, 6.45) is 2.55. The van der Waals surface area contributed by atoms with E-state index in [0.717, 1.165) is 24.2 Å². The number of hydrogen-bond donors (Lipinski definition) is 1. The van der Waals surface area contributed by atoms with Crippen LogP contribution >= 0.6 is 7.37 Å². The topological polar surface area (TPSA) is 40.5 Å². The van der Waals surface area contributed by atoms with Gasteiger partial charge in [-0.15, -0.1) is 0 Å². The summed E-state index contributed by atoms with van der Waals surface area (Å²) in [6.45, 7) is 4.17. The summed E-state index contributed by atoms with van der Waals surface area (Å²) in [6, 6.07) is 19.6. The minimum atomic E-state index is -3.24. The summed E-state index contributed by atoms with van der Waals surface area (Å²) in [4.78, 5) is 12.5. The van der Waals surface area contributed by atoms with Gasteiger partial charge in [0.2, 0.25) is 7.37 Å². The van der Waals surface area contributed by atoms with Gasteiger partial charge in [-0.05, 0) is 30.2 Å². The number of nitrogens with zero attached hydrogens (tertiary/aromatic N) is 1. The van der Waals surface area contributed by atoms with Crippen molar-refractivity contribution in [2.45, 2.75) is 26.7 Å². The molecule has 2 rings (SSSR count). The molecule has 0 radical (unpaired) electrons. The molecule has 23 heavy (non-hydrogen) atoms. The van der Waals surface area contributed by atoms with E-state index in [0.29, 0.717) is 6.16 Å². The highest BCUT2D eigenvalue weighted by molar-refractivity contribution is 7.58. The monoisotopic (exact) mass is 331 g/mol. The molecule has 1 N–H and O–H groups in total. The maximum absolute atomic E-state index is 12.8. The van der Waals surface area contributed by atoms with E-state index in [4.69, 9.17) is 0 Å². The molecule has 4 heteroatoms. The van der Waals surface area contributed by atoms with Crippen LogP contribution in [0.5, 0.6) is 0 Å². The second kappa shape index (κ2) is 8.33. The Labute approximate surface area is 139 Å². The molecular weight excluding hydrogens is 305 g/mol. The Morgan fingerprint density at radius 1 is 1.00 bits per heavy atom. The Morgan fingerprint density at radius 2 is 1.48 bits per heavy atom. The third-order valence-corrected chi connectivity index (χ3v) is 5.80. The molecule has 0 saturated carbocycles. The Balaban J connectivity index is 2.23. The highest BCUT2D eigenvalue weighted by Crippen LogP contribution is 2.46. The van der Waals surface area contributed by atoms with Crippen molar-refractivity contribution >= 4 is 18.7 Å². The molecule has 0 amide bonds. The second-order valence-corrected chi connectivity index (χ2v) is 8.50. The van der Waals surface area contributed by atoms with Crippen LogP contribution < -0.4 is 4.90 Å². The summed E-state index contributed by atoms with van der Waals surface area (Å²) < 4.78 is 12.8. The van der Waals surface area contributed by atoms with E-state index in [1.54, 1.807) is 0 Å². The van der Waals surface area contributed by atoms with Crippen molar-refractivity contribution in [1.29, 1.82) is 0 Å². The molecule has 0 fully saturated rings. The third kappa shape index (κ3) is 5.53. The molecule has 2 aromatic carbocycles. The quantitative estimate of drug-likeness (QED) is 0.650. The van der Waals surface area contributed by atoms with Crippen molar-refractivity contribution in [2.75, 3.05) is 17.3 Å². The minimum absolute atomic E-state index is 0.148. The van der Waals surface area contributed by atoms with Gasteiger partial charge in [0.1, 0.15) is 0 Å². The van der Waals surface area contributed by atoms with Gasteiger partial charge in [-0.1, -0.05) is 63.1 Å². The first kappa shape index (κ1) is 17.8. The fraction of sp³-hybridized carbons (Fsp3) is 0.368. The molecule has 2 atom stereocenters. The van der Waals surface area contributed by atoms with Crippen LogP contribution in [-0.4, -0.2) is 17.3 Å². The van der Waals surface area contributed by atoms with E-state index in [1.165, 1.54) is 0 Å². The molecule has 0 aliphatic rings. The van der Waals surface area contributed by atoms with Crippen molar-refractivity contribution in [1.82, 2.24) is 0 Å². The molecular formula is C19H26NO2P. The first-order valence-electron chi connectivity index (χ1n) is 8.20. The molecule has 0 saturated heterocycles. The second-order valence-electron chi connectivity index (χ2n) is 6.16. The van der Waals surface area contributed by atoms with Crippen LogP contribution in [0.4, 0.5) is 11.4 Å². The number of para-hydroxylation sites is 2. The highest BCUT2D eigenvalue weighted by atomic mass is 31.2. The minimum Gasteiger partial charge on any atom is -0.343 e. The number of rotatable bonds is 8. The van der Waals surface area contributed by atoms with E-state index in [-0.39, 0.29) is 12.2 Å². The van der Waals surface area contributed by atoms with E-state index >= 15 is 0 Å². The standard InChI is InChI=1S/C19H26NO2P/c1-3-10-17(2)15-23(21,22)16-20(18-11-6-4-7-12-18)19-13-8-5-9-14-19/h4-9,11-14,17H,3,10,15-16H2,1-2H3,(H,21,22). The van der Waals surface area contributed by atoms with Crippen molar-refractivity contribution in [2.24, 2.45) is 5.92 Å². The molecule has 0 aromatic heterocycles. The van der Waals surface area contributed by atoms with Crippen LogP contribution in [0.2, 0.25) is 0 Å². The van der Waals surface area contributed by atoms with Crippen molar-refractivity contribution in [3.63, 3.8) is 0 Å². The summed E-state index contributed by atoms with van der Waals surface area (Å²) in [5.41, 5.74) is 1.88. The van der Waals surface area contributed by atoms with Gasteiger partial charge in [0.25, 0.3) is 0 Å². The lowest BCUT2D eigenvalue weighted by atomic mass is 10.1. The summed E-state index contributed by atoms with van der Waals surface area (Å²) in [7, 11) is -3.24. The lowest BCUT2D eigenvalue weighted by Gasteiger charge is -2.28. The Hall–Kier alpha value is -1.57. The van der Waals surface area contributed by atoms with Gasteiger partial charge in [-0.2, -0.15) is 0 Å². The molecule has 0 aliphatic carbocycles. The number of anilines is 2. The van der Waals surface area contributed by atoms with Crippen LogP contribution in [0, 0.1) is 5.92 Å². The third-order valence-electron chi connectivity index (χ3n) is 3.88. The summed E-state index contributed by atoms with van der Waals surface area (Å²) in [5.74, 6) is 0.268. The van der Waals surface area contributed by atoms with Crippen molar-refractivity contribution in [3.05, 3.63) is 60.7 Å². The molecule has 124 valence electrons. The molecule has 0 heterocycles. The van der Waals surface area contributed by atoms with Gasteiger partial charge in [-0.25, -0.2) is 0 Å². The zero-order valence-corrected chi connectivity index (χ0v) is 14.8. The van der Waals surface area contributed by atoms with Crippen LogP contribution in [0.25, 0.3) is 0 Å². The zero-order valence-electron chi connectivity index (χ0n) is 13.9. The molecule has 2 unspecified atom stereocenters. The maximum Gasteiger partial charge on any atom is 0.219 e. The Morgan fingerprint density at radius 3 is 1.91 bits per heavy atom. The van der Waals surface area contributed by atoms with Gasteiger partial charge in [-0.3, -0.25) is 4.57 Å². The Kier molecular flexibility index (Phi) is 6.44. The maximum atomic E-state index is 12.8. The van der Waals surface area contributed by atoms with Gasteiger partial charge in [0.15, 0.2) is 0 Å². The number of hydrogen-bond acceptors (Lipinski definition) is 2. The molecule has 3 nitrogen and oxygen atoms in total. The Bertz CT molecular complexity index is 591. The van der Waals surface area contributed by atoms with Crippen molar-refractivity contribution in [3.8, 4) is 0 Å². The largest absolute Gasteiger partial charge is 0.343 e. The average molecular weight is 331 g/mol.